The second-order valence-electron chi connectivity index (χ2n) is 6.29. The molecule has 1 fully saturated rings. The van der Waals surface area contributed by atoms with Crippen LogP contribution >= 0.6 is 0 Å². The number of hydrogen-bond donors (Lipinski definition) is 1. The van der Waals surface area contributed by atoms with Crippen molar-refractivity contribution >= 4 is 28.7 Å². The van der Waals surface area contributed by atoms with Crippen LogP contribution in [0.1, 0.15) is 10.4 Å². The highest BCUT2D eigenvalue weighted by Gasteiger charge is 2.25. The number of non-ortho nitro benzene ring substituents is 2. The number of nitro groups is 2. The molecule has 1 saturated heterocycles. The molecule has 2 aromatic carbocycles. The number of nitro benzene ring substituents is 2. The molecule has 0 saturated carbocycles. The van der Waals surface area contributed by atoms with Gasteiger partial charge in [-0.2, -0.15) is 0 Å². The van der Waals surface area contributed by atoms with Crippen LogP contribution in [0.3, 0.4) is 0 Å². The van der Waals surface area contributed by atoms with Gasteiger partial charge in [0.1, 0.15) is 0 Å². The second-order valence-corrected chi connectivity index (χ2v) is 6.29. The van der Waals surface area contributed by atoms with Crippen LogP contribution in [0.4, 0.5) is 22.7 Å². The maximum absolute atomic E-state index is 12.9. The highest BCUT2D eigenvalue weighted by atomic mass is 16.6. The molecule has 0 bridgehead atoms. The van der Waals surface area contributed by atoms with E-state index in [1.54, 1.807) is 24.1 Å². The van der Waals surface area contributed by atoms with E-state index in [1.165, 1.54) is 30.3 Å². The lowest BCUT2D eigenvalue weighted by Gasteiger charge is -2.36. The number of carbonyl (C=O) groups is 1. The monoisotopic (exact) mass is 385 g/mol. The highest BCUT2D eigenvalue weighted by Crippen LogP contribution is 2.25. The minimum atomic E-state index is -0.525. The van der Waals surface area contributed by atoms with Gasteiger partial charge in [-0.25, -0.2) is 0 Å². The molecule has 0 aromatic heterocycles. The molecule has 0 radical (unpaired) electrons. The van der Waals surface area contributed by atoms with Gasteiger partial charge in [-0.15, -0.1) is 0 Å². The van der Waals surface area contributed by atoms with Crippen molar-refractivity contribution in [3.8, 4) is 0 Å². The Morgan fingerprint density at radius 3 is 2.04 bits per heavy atom. The first-order valence-corrected chi connectivity index (χ1v) is 8.65. The molecule has 0 unspecified atom stereocenters. The first-order chi connectivity index (χ1) is 13.4. The Bertz CT molecular complexity index is 907. The molecule has 2 aromatic rings. The van der Waals surface area contributed by atoms with E-state index in [9.17, 15) is 25.0 Å². The Balaban J connectivity index is 1.71. The van der Waals surface area contributed by atoms with Gasteiger partial charge in [0, 0.05) is 68.9 Å². The third-order valence-corrected chi connectivity index (χ3v) is 4.71. The first-order valence-electron chi connectivity index (χ1n) is 8.65. The molecular formula is C18H19N5O5. The summed E-state index contributed by atoms with van der Waals surface area (Å²) in [5, 5.41) is 24.7. The van der Waals surface area contributed by atoms with Crippen LogP contribution in [-0.4, -0.2) is 53.9 Å². The number of rotatable bonds is 5. The number of hydrogen-bond acceptors (Lipinski definition) is 7. The Hall–Kier alpha value is -3.69. The molecule has 1 heterocycles. The zero-order valence-electron chi connectivity index (χ0n) is 15.2. The van der Waals surface area contributed by atoms with Crippen molar-refractivity contribution < 1.29 is 14.6 Å². The maximum atomic E-state index is 12.9. The quantitative estimate of drug-likeness (QED) is 0.620. The lowest BCUT2D eigenvalue weighted by molar-refractivity contribution is -0.385. The molecule has 146 valence electrons. The first kappa shape index (κ1) is 19.1. The van der Waals surface area contributed by atoms with Crippen LogP contribution < -0.4 is 10.2 Å². The van der Waals surface area contributed by atoms with Crippen molar-refractivity contribution in [2.45, 2.75) is 0 Å². The molecule has 3 rings (SSSR count). The van der Waals surface area contributed by atoms with Gasteiger partial charge < -0.3 is 15.1 Å². The summed E-state index contributed by atoms with van der Waals surface area (Å²) in [5.74, 6) is -0.267. The average Bonchev–Trinajstić information content (AvgIpc) is 2.72. The van der Waals surface area contributed by atoms with Crippen molar-refractivity contribution in [2.24, 2.45) is 0 Å². The lowest BCUT2D eigenvalue weighted by Crippen LogP contribution is -2.48. The Kier molecular flexibility index (Phi) is 5.39. The summed E-state index contributed by atoms with van der Waals surface area (Å²) in [6, 6.07) is 10.5. The smallest absolute Gasteiger partial charge is 0.270 e. The Morgan fingerprint density at radius 2 is 1.50 bits per heavy atom. The van der Waals surface area contributed by atoms with E-state index in [4.69, 9.17) is 0 Å². The van der Waals surface area contributed by atoms with E-state index >= 15 is 0 Å². The van der Waals surface area contributed by atoms with Gasteiger partial charge in [0.05, 0.1) is 15.4 Å². The Morgan fingerprint density at radius 1 is 0.929 bits per heavy atom. The van der Waals surface area contributed by atoms with Gasteiger partial charge in [0.15, 0.2) is 0 Å². The Labute approximate surface area is 160 Å². The van der Waals surface area contributed by atoms with Gasteiger partial charge in [-0.05, 0) is 18.2 Å². The zero-order chi connectivity index (χ0) is 20.3. The normalized spacial score (nSPS) is 13.9. The van der Waals surface area contributed by atoms with Crippen LogP contribution in [0.15, 0.2) is 42.5 Å². The maximum Gasteiger partial charge on any atom is 0.270 e. The number of piperazine rings is 1. The summed E-state index contributed by atoms with van der Waals surface area (Å²) in [4.78, 5) is 37.4. The van der Waals surface area contributed by atoms with Crippen molar-refractivity contribution in [3.05, 3.63) is 68.3 Å². The molecule has 0 atom stereocenters. The van der Waals surface area contributed by atoms with E-state index in [-0.39, 0.29) is 22.8 Å². The molecule has 28 heavy (non-hydrogen) atoms. The molecule has 10 heteroatoms. The fraction of sp³-hybridized carbons (Fsp3) is 0.278. The van der Waals surface area contributed by atoms with E-state index in [0.29, 0.717) is 31.9 Å². The molecule has 1 aliphatic heterocycles. The van der Waals surface area contributed by atoms with E-state index < -0.39 is 9.85 Å². The van der Waals surface area contributed by atoms with E-state index in [2.05, 4.69) is 5.32 Å². The minimum absolute atomic E-state index is 0.0304. The van der Waals surface area contributed by atoms with Crippen molar-refractivity contribution in [1.82, 2.24) is 4.90 Å². The number of benzene rings is 2. The zero-order valence-corrected chi connectivity index (χ0v) is 15.2. The van der Waals surface area contributed by atoms with Gasteiger partial charge >= 0.3 is 0 Å². The molecule has 10 nitrogen and oxygen atoms in total. The fourth-order valence-corrected chi connectivity index (χ4v) is 3.16. The van der Waals surface area contributed by atoms with Crippen LogP contribution in [0.25, 0.3) is 0 Å². The summed E-state index contributed by atoms with van der Waals surface area (Å²) < 4.78 is 0. The topological polar surface area (TPSA) is 122 Å². The molecule has 1 aliphatic rings. The highest BCUT2D eigenvalue weighted by molar-refractivity contribution is 6.00. The van der Waals surface area contributed by atoms with Crippen LogP contribution in [0, 0.1) is 20.2 Å². The van der Waals surface area contributed by atoms with E-state index in [0.717, 1.165) is 5.69 Å². The third-order valence-electron chi connectivity index (χ3n) is 4.71. The molecule has 0 spiro atoms. The van der Waals surface area contributed by atoms with Crippen LogP contribution in [0.5, 0.6) is 0 Å². The van der Waals surface area contributed by atoms with Crippen molar-refractivity contribution in [2.75, 3.05) is 43.4 Å². The summed E-state index contributed by atoms with van der Waals surface area (Å²) in [6.07, 6.45) is 0. The predicted octanol–water partition coefficient (Wildman–Crippen LogP) is 2.51. The number of nitrogens with zero attached hydrogens (tertiary/aromatic N) is 4. The van der Waals surface area contributed by atoms with Gasteiger partial charge in [0.2, 0.25) is 0 Å². The summed E-state index contributed by atoms with van der Waals surface area (Å²) in [7, 11) is 1.66. The number of amides is 1. The van der Waals surface area contributed by atoms with Gasteiger partial charge in [0.25, 0.3) is 17.3 Å². The summed E-state index contributed by atoms with van der Waals surface area (Å²) in [6.45, 7) is 2.02. The number of anilines is 2. The largest absolute Gasteiger partial charge is 0.387 e. The van der Waals surface area contributed by atoms with Gasteiger partial charge in [-0.1, -0.05) is 0 Å². The standard InChI is InChI=1S/C18H19N5O5/c1-19-17-7-6-15(23(27)28)12-16(17)18(24)21-10-8-20(9-11-21)13-2-4-14(5-3-13)22(25)26/h2-7,12,19H,8-11H2,1H3. The minimum Gasteiger partial charge on any atom is -0.387 e. The molecular weight excluding hydrogens is 366 g/mol. The lowest BCUT2D eigenvalue weighted by atomic mass is 10.1. The number of carbonyl (C=O) groups excluding carboxylic acids is 1. The molecule has 0 aliphatic carbocycles. The van der Waals surface area contributed by atoms with Gasteiger partial charge in [-0.3, -0.25) is 25.0 Å². The summed E-state index contributed by atoms with van der Waals surface area (Å²) >= 11 is 0. The van der Waals surface area contributed by atoms with Crippen molar-refractivity contribution in [1.29, 1.82) is 0 Å². The van der Waals surface area contributed by atoms with Crippen molar-refractivity contribution in [3.63, 3.8) is 0 Å². The number of nitrogens with one attached hydrogen (secondary N) is 1. The second kappa shape index (κ2) is 7.91. The SMILES string of the molecule is CNc1ccc([N+](=O)[O-])cc1C(=O)N1CCN(c2ccc([N+](=O)[O-])cc2)CC1. The predicted molar refractivity (Wildman–Crippen MR) is 104 cm³/mol. The third kappa shape index (κ3) is 3.85. The van der Waals surface area contributed by atoms with Crippen LogP contribution in [0.2, 0.25) is 0 Å². The average molecular weight is 385 g/mol. The fourth-order valence-electron chi connectivity index (χ4n) is 3.16. The summed E-state index contributed by atoms with van der Waals surface area (Å²) in [5.41, 5.74) is 1.55. The van der Waals surface area contributed by atoms with E-state index in [1.807, 2.05) is 4.90 Å². The van der Waals surface area contributed by atoms with Crippen LogP contribution in [-0.2, 0) is 0 Å². The molecule has 1 N–H and O–H groups in total. The molecule has 1 amide bonds.